The topological polar surface area (TPSA) is 43.8 Å². The Kier molecular flexibility index (Phi) is 3.10. The van der Waals surface area contributed by atoms with Crippen LogP contribution in [0.2, 0.25) is 5.02 Å². The summed E-state index contributed by atoms with van der Waals surface area (Å²) in [5, 5.41) is 0.651. The molecule has 3 aromatic rings. The Morgan fingerprint density at radius 1 is 1.30 bits per heavy atom. The molecule has 1 heterocycles. The smallest absolute Gasteiger partial charge is 0.146 e. The fourth-order valence-corrected chi connectivity index (χ4v) is 2.62. The number of hydrogen-bond donors (Lipinski definition) is 1. The molecule has 5 heteroatoms. The second kappa shape index (κ2) is 4.80. The van der Waals surface area contributed by atoms with E-state index in [1.54, 1.807) is 12.1 Å². The number of halogens is 2. The maximum absolute atomic E-state index is 13.3. The van der Waals surface area contributed by atoms with Gasteiger partial charge in [0.1, 0.15) is 11.6 Å². The third kappa shape index (κ3) is 1.93. The number of nitrogen functional groups attached to an aromatic ring is 1. The molecule has 0 aliphatic heterocycles. The van der Waals surface area contributed by atoms with Crippen LogP contribution in [-0.2, 0) is 6.54 Å². The highest BCUT2D eigenvalue weighted by molar-refractivity contribution is 6.35. The fraction of sp³-hybridized carbons (Fsp3) is 0.133. The first-order chi connectivity index (χ1) is 9.61. The van der Waals surface area contributed by atoms with Gasteiger partial charge in [-0.15, -0.1) is 0 Å². The van der Waals surface area contributed by atoms with Crippen LogP contribution >= 0.6 is 11.6 Å². The number of imidazole rings is 1. The first-order valence-electron chi connectivity index (χ1n) is 6.32. The predicted molar refractivity (Wildman–Crippen MR) is 80.2 cm³/mol. The molecule has 0 aliphatic carbocycles. The van der Waals surface area contributed by atoms with Crippen molar-refractivity contribution >= 4 is 28.3 Å². The van der Waals surface area contributed by atoms with E-state index in [1.807, 2.05) is 29.7 Å². The summed E-state index contributed by atoms with van der Waals surface area (Å²) < 4.78 is 15.3. The molecule has 0 spiro atoms. The normalized spacial score (nSPS) is 11.2. The third-order valence-electron chi connectivity index (χ3n) is 3.29. The zero-order valence-electron chi connectivity index (χ0n) is 10.9. The molecule has 0 fully saturated rings. The highest BCUT2D eigenvalue weighted by atomic mass is 35.5. The Bertz CT molecular complexity index is 795. The van der Waals surface area contributed by atoms with Crippen LogP contribution in [-0.4, -0.2) is 9.55 Å². The highest BCUT2D eigenvalue weighted by Crippen LogP contribution is 2.30. The summed E-state index contributed by atoms with van der Waals surface area (Å²) in [6, 6.07) is 10.2. The molecular formula is C15H13ClFN3. The summed E-state index contributed by atoms with van der Waals surface area (Å²) in [6.07, 6.45) is 0. The summed E-state index contributed by atoms with van der Waals surface area (Å²) in [4.78, 5) is 4.59. The highest BCUT2D eigenvalue weighted by Gasteiger charge is 2.14. The van der Waals surface area contributed by atoms with Gasteiger partial charge in [-0.3, -0.25) is 0 Å². The van der Waals surface area contributed by atoms with Gasteiger partial charge in [0.2, 0.25) is 0 Å². The van der Waals surface area contributed by atoms with E-state index < -0.39 is 5.82 Å². The number of para-hydroxylation sites is 1. The minimum absolute atomic E-state index is 0.114. The van der Waals surface area contributed by atoms with Crippen molar-refractivity contribution in [3.05, 3.63) is 47.2 Å². The van der Waals surface area contributed by atoms with Gasteiger partial charge < -0.3 is 10.3 Å². The van der Waals surface area contributed by atoms with Gasteiger partial charge in [-0.2, -0.15) is 0 Å². The van der Waals surface area contributed by atoms with Crippen LogP contribution in [0, 0.1) is 5.82 Å². The number of anilines is 1. The molecule has 2 N–H and O–H groups in total. The molecule has 0 atom stereocenters. The molecule has 3 rings (SSSR count). The molecule has 1 aromatic heterocycles. The van der Waals surface area contributed by atoms with Crippen molar-refractivity contribution in [3.63, 3.8) is 0 Å². The average Bonchev–Trinajstić information content (AvgIpc) is 2.82. The molecule has 102 valence electrons. The van der Waals surface area contributed by atoms with Gasteiger partial charge in [-0.25, -0.2) is 9.37 Å². The molecule has 20 heavy (non-hydrogen) atoms. The van der Waals surface area contributed by atoms with Crippen LogP contribution in [0.3, 0.4) is 0 Å². The monoisotopic (exact) mass is 289 g/mol. The lowest BCUT2D eigenvalue weighted by molar-refractivity contribution is 0.632. The van der Waals surface area contributed by atoms with E-state index in [9.17, 15) is 4.39 Å². The third-order valence-corrected chi connectivity index (χ3v) is 3.59. The molecule has 0 saturated heterocycles. The van der Waals surface area contributed by atoms with E-state index in [1.165, 1.54) is 6.07 Å². The summed E-state index contributed by atoms with van der Waals surface area (Å²) in [5.41, 5.74) is 8.23. The first-order valence-corrected chi connectivity index (χ1v) is 6.69. The van der Waals surface area contributed by atoms with Gasteiger partial charge >= 0.3 is 0 Å². The average molecular weight is 290 g/mol. The maximum Gasteiger partial charge on any atom is 0.146 e. The van der Waals surface area contributed by atoms with Crippen molar-refractivity contribution in [2.45, 2.75) is 13.5 Å². The van der Waals surface area contributed by atoms with Crippen molar-refractivity contribution < 1.29 is 4.39 Å². The van der Waals surface area contributed by atoms with Crippen molar-refractivity contribution in [1.82, 2.24) is 9.55 Å². The standard InChI is InChI=1S/C15H13ClFN3/c1-2-20-14-10(16)4-3-5-13(14)19-15(20)9-6-7-11(17)12(18)8-9/h3-8H,2,18H2,1H3. The van der Waals surface area contributed by atoms with Gasteiger partial charge in [0, 0.05) is 12.1 Å². The van der Waals surface area contributed by atoms with Crippen LogP contribution in [0.15, 0.2) is 36.4 Å². The second-order valence-electron chi connectivity index (χ2n) is 4.52. The lowest BCUT2D eigenvalue weighted by Gasteiger charge is -2.07. The Labute approximate surface area is 120 Å². The van der Waals surface area contributed by atoms with E-state index >= 15 is 0 Å². The van der Waals surface area contributed by atoms with Crippen molar-refractivity contribution in [3.8, 4) is 11.4 Å². The van der Waals surface area contributed by atoms with E-state index in [0.29, 0.717) is 11.6 Å². The fourth-order valence-electron chi connectivity index (χ4n) is 2.35. The van der Waals surface area contributed by atoms with Crippen molar-refractivity contribution in [2.24, 2.45) is 0 Å². The van der Waals surface area contributed by atoms with Crippen molar-refractivity contribution in [1.29, 1.82) is 0 Å². The van der Waals surface area contributed by atoms with E-state index in [4.69, 9.17) is 17.3 Å². The second-order valence-corrected chi connectivity index (χ2v) is 4.93. The molecule has 2 aromatic carbocycles. The number of fused-ring (bicyclic) bond motifs is 1. The number of aromatic nitrogens is 2. The predicted octanol–water partition coefficient (Wildman–Crippen LogP) is 4.10. The molecular weight excluding hydrogens is 277 g/mol. The summed E-state index contributed by atoms with van der Waals surface area (Å²) in [7, 11) is 0. The number of aryl methyl sites for hydroxylation is 1. The van der Waals surface area contributed by atoms with Gasteiger partial charge in [-0.1, -0.05) is 17.7 Å². The van der Waals surface area contributed by atoms with E-state index in [0.717, 1.165) is 22.4 Å². The van der Waals surface area contributed by atoms with E-state index in [-0.39, 0.29) is 5.69 Å². The molecule has 0 aliphatic rings. The molecule has 0 radical (unpaired) electrons. The molecule has 0 amide bonds. The van der Waals surface area contributed by atoms with Crippen LogP contribution in [0.1, 0.15) is 6.92 Å². The van der Waals surface area contributed by atoms with Crippen molar-refractivity contribution in [2.75, 3.05) is 5.73 Å². The SMILES string of the molecule is CCn1c(-c2ccc(F)c(N)c2)nc2cccc(Cl)c21. The van der Waals surface area contributed by atoms with Gasteiger partial charge in [0.15, 0.2) is 0 Å². The summed E-state index contributed by atoms with van der Waals surface area (Å²) >= 11 is 6.25. The summed E-state index contributed by atoms with van der Waals surface area (Å²) in [6.45, 7) is 2.73. The number of rotatable bonds is 2. The zero-order valence-corrected chi connectivity index (χ0v) is 11.7. The minimum Gasteiger partial charge on any atom is -0.396 e. The number of benzene rings is 2. The van der Waals surface area contributed by atoms with E-state index in [2.05, 4.69) is 4.98 Å². The Morgan fingerprint density at radius 2 is 2.10 bits per heavy atom. The van der Waals surface area contributed by atoms with Gasteiger partial charge in [-0.05, 0) is 37.3 Å². The van der Waals surface area contributed by atoms with Gasteiger partial charge in [0.05, 0.1) is 21.7 Å². The van der Waals surface area contributed by atoms with Crippen LogP contribution in [0.5, 0.6) is 0 Å². The molecule has 3 nitrogen and oxygen atoms in total. The molecule has 0 saturated carbocycles. The largest absolute Gasteiger partial charge is 0.396 e. The quantitative estimate of drug-likeness (QED) is 0.722. The Morgan fingerprint density at radius 3 is 2.80 bits per heavy atom. The zero-order chi connectivity index (χ0) is 14.3. The minimum atomic E-state index is -0.425. The summed E-state index contributed by atoms with van der Waals surface area (Å²) in [5.74, 6) is 0.313. The van der Waals surface area contributed by atoms with Crippen LogP contribution in [0.25, 0.3) is 22.4 Å². The molecule has 0 unspecified atom stereocenters. The maximum atomic E-state index is 13.3. The lowest BCUT2D eigenvalue weighted by atomic mass is 10.2. The van der Waals surface area contributed by atoms with Crippen LogP contribution < -0.4 is 5.73 Å². The number of hydrogen-bond acceptors (Lipinski definition) is 2. The first kappa shape index (κ1) is 12.9. The molecule has 0 bridgehead atoms. The number of nitrogens with zero attached hydrogens (tertiary/aromatic N) is 2. The Balaban J connectivity index is 2.30. The lowest BCUT2D eigenvalue weighted by Crippen LogP contribution is -1.99. The Hall–Kier alpha value is -2.07. The number of nitrogens with two attached hydrogens (primary N) is 1. The van der Waals surface area contributed by atoms with Crippen LogP contribution in [0.4, 0.5) is 10.1 Å². The van der Waals surface area contributed by atoms with Gasteiger partial charge in [0.25, 0.3) is 0 Å².